The lowest BCUT2D eigenvalue weighted by Gasteiger charge is -2.20. The minimum absolute atomic E-state index is 0.0420. The average molecular weight is 308 g/mol. The van der Waals surface area contributed by atoms with Gasteiger partial charge in [-0.25, -0.2) is 0 Å². The molecule has 0 unspecified atom stereocenters. The van der Waals surface area contributed by atoms with Crippen LogP contribution in [0.5, 0.6) is 11.5 Å². The highest BCUT2D eigenvalue weighted by Gasteiger charge is 2.35. The van der Waals surface area contributed by atoms with Crippen molar-refractivity contribution in [1.29, 1.82) is 0 Å². The lowest BCUT2D eigenvalue weighted by atomic mass is 9.82. The summed E-state index contributed by atoms with van der Waals surface area (Å²) in [6, 6.07) is 6.99. The maximum atomic E-state index is 12.6. The van der Waals surface area contributed by atoms with E-state index >= 15 is 0 Å². The Balaban J connectivity index is 1.96. The van der Waals surface area contributed by atoms with Crippen molar-refractivity contribution in [3.8, 4) is 11.5 Å². The van der Waals surface area contributed by atoms with Crippen molar-refractivity contribution in [2.24, 2.45) is 20.7 Å². The van der Waals surface area contributed by atoms with Gasteiger partial charge in [0.2, 0.25) is 11.9 Å². The predicted octanol–water partition coefficient (Wildman–Crippen LogP) is 2.70. The summed E-state index contributed by atoms with van der Waals surface area (Å²) >= 11 is 0. The van der Waals surface area contributed by atoms with Crippen molar-refractivity contribution < 1.29 is 19.8 Å². The van der Waals surface area contributed by atoms with Gasteiger partial charge in [-0.2, -0.15) is 0 Å². The zero-order valence-electron chi connectivity index (χ0n) is 11.5. The average Bonchev–Trinajstić information content (AvgIpc) is 3.06. The molecule has 0 fully saturated rings. The Labute approximate surface area is 128 Å². The Morgan fingerprint density at radius 1 is 0.826 bits per heavy atom. The number of ketones is 2. The summed E-state index contributed by atoms with van der Waals surface area (Å²) in [7, 11) is 0. The molecule has 4 rings (SSSR count). The molecule has 2 aromatic carbocycles. The first-order valence-electron chi connectivity index (χ1n) is 6.66. The molecule has 8 heteroatoms. The van der Waals surface area contributed by atoms with Crippen molar-refractivity contribution >= 4 is 11.6 Å². The SMILES string of the molecule is O=C1c2cccc(O)c2C(=O)c2c(O)cc(C3N=NN=N3)cc21. The van der Waals surface area contributed by atoms with Gasteiger partial charge in [-0.15, -0.1) is 10.2 Å². The van der Waals surface area contributed by atoms with Crippen LogP contribution in [0, 0.1) is 0 Å². The second-order valence-electron chi connectivity index (χ2n) is 5.10. The van der Waals surface area contributed by atoms with Crippen molar-refractivity contribution in [2.45, 2.75) is 6.17 Å². The van der Waals surface area contributed by atoms with E-state index in [1.165, 1.54) is 30.3 Å². The summed E-state index contributed by atoms with van der Waals surface area (Å²) in [4.78, 5) is 25.2. The van der Waals surface area contributed by atoms with E-state index in [9.17, 15) is 19.8 Å². The number of aromatic hydroxyl groups is 2. The molecule has 0 bridgehead atoms. The molecule has 0 atom stereocenters. The molecule has 8 nitrogen and oxygen atoms in total. The van der Waals surface area contributed by atoms with E-state index < -0.39 is 17.7 Å². The van der Waals surface area contributed by atoms with Gasteiger partial charge in [-0.3, -0.25) is 9.59 Å². The molecule has 2 N–H and O–H groups in total. The maximum Gasteiger partial charge on any atom is 0.210 e. The van der Waals surface area contributed by atoms with Crippen LogP contribution in [-0.2, 0) is 0 Å². The lowest BCUT2D eigenvalue weighted by Crippen LogP contribution is -2.21. The number of carbonyl (C=O) groups excluding carboxylic acids is 2. The van der Waals surface area contributed by atoms with Gasteiger partial charge in [0.1, 0.15) is 11.5 Å². The van der Waals surface area contributed by atoms with E-state index in [1.807, 2.05) is 0 Å². The van der Waals surface area contributed by atoms with Crippen molar-refractivity contribution in [3.05, 3.63) is 58.1 Å². The smallest absolute Gasteiger partial charge is 0.210 e. The van der Waals surface area contributed by atoms with Crippen molar-refractivity contribution in [2.75, 3.05) is 0 Å². The molecular weight excluding hydrogens is 300 g/mol. The second-order valence-corrected chi connectivity index (χ2v) is 5.10. The molecule has 1 aliphatic carbocycles. The zero-order valence-corrected chi connectivity index (χ0v) is 11.5. The summed E-state index contributed by atoms with van der Waals surface area (Å²) in [5.74, 6) is -1.74. The molecule has 0 radical (unpaired) electrons. The van der Waals surface area contributed by atoms with Crippen LogP contribution >= 0.6 is 0 Å². The fourth-order valence-corrected chi connectivity index (χ4v) is 2.75. The minimum atomic E-state index is -0.750. The highest BCUT2D eigenvalue weighted by Crippen LogP contribution is 2.39. The predicted molar refractivity (Wildman–Crippen MR) is 75.5 cm³/mol. The van der Waals surface area contributed by atoms with Gasteiger partial charge in [-0.05, 0) is 28.6 Å². The molecule has 2 aromatic rings. The number of rotatable bonds is 1. The number of hydrogen-bond acceptors (Lipinski definition) is 8. The van der Waals surface area contributed by atoms with Crippen molar-refractivity contribution in [1.82, 2.24) is 0 Å². The monoisotopic (exact) mass is 308 g/mol. The Bertz CT molecular complexity index is 937. The van der Waals surface area contributed by atoms with Crippen LogP contribution in [0.2, 0.25) is 0 Å². The van der Waals surface area contributed by atoms with Gasteiger partial charge in [0.25, 0.3) is 0 Å². The minimum Gasteiger partial charge on any atom is -0.507 e. The molecule has 1 heterocycles. The highest BCUT2D eigenvalue weighted by atomic mass is 16.3. The third-order valence-electron chi connectivity index (χ3n) is 3.79. The summed E-state index contributed by atoms with van der Waals surface area (Å²) in [6.45, 7) is 0. The van der Waals surface area contributed by atoms with Crippen LogP contribution in [0.3, 0.4) is 0 Å². The topological polar surface area (TPSA) is 124 Å². The molecule has 1 aliphatic heterocycles. The third kappa shape index (κ3) is 1.78. The lowest BCUT2D eigenvalue weighted by molar-refractivity contribution is 0.0974. The number of hydrogen-bond donors (Lipinski definition) is 2. The number of benzene rings is 2. The van der Waals surface area contributed by atoms with Crippen LogP contribution in [0.1, 0.15) is 43.6 Å². The van der Waals surface area contributed by atoms with Crippen LogP contribution in [0.25, 0.3) is 0 Å². The van der Waals surface area contributed by atoms with E-state index in [0.29, 0.717) is 5.56 Å². The Kier molecular flexibility index (Phi) is 2.61. The molecule has 0 aromatic heterocycles. The number of fused-ring (bicyclic) bond motifs is 2. The van der Waals surface area contributed by atoms with E-state index in [2.05, 4.69) is 20.7 Å². The van der Waals surface area contributed by atoms with Gasteiger partial charge in [-0.1, -0.05) is 12.1 Å². The molecule has 0 saturated carbocycles. The number of nitrogens with zero attached hydrogens (tertiary/aromatic N) is 4. The summed E-state index contributed by atoms with van der Waals surface area (Å²) in [6.07, 6.45) is -0.750. The van der Waals surface area contributed by atoms with Crippen LogP contribution in [-0.4, -0.2) is 21.8 Å². The second kappa shape index (κ2) is 4.54. The van der Waals surface area contributed by atoms with Gasteiger partial charge >= 0.3 is 0 Å². The number of carbonyl (C=O) groups is 2. The fraction of sp³-hybridized carbons (Fsp3) is 0.0667. The van der Waals surface area contributed by atoms with Crippen LogP contribution < -0.4 is 0 Å². The molecule has 0 saturated heterocycles. The zero-order chi connectivity index (χ0) is 16.1. The largest absolute Gasteiger partial charge is 0.507 e. The molecule has 2 aliphatic rings. The first-order chi connectivity index (χ1) is 11.1. The summed E-state index contributed by atoms with van der Waals surface area (Å²) < 4.78 is 0. The summed E-state index contributed by atoms with van der Waals surface area (Å²) in [5, 5.41) is 34.3. The van der Waals surface area contributed by atoms with Crippen LogP contribution in [0.15, 0.2) is 51.0 Å². The maximum absolute atomic E-state index is 12.6. The molecular formula is C15H8N4O4. The Morgan fingerprint density at radius 3 is 2.26 bits per heavy atom. The first kappa shape index (κ1) is 13.3. The highest BCUT2D eigenvalue weighted by molar-refractivity contribution is 6.30. The molecule has 0 amide bonds. The standard InChI is InChI=1S/C15H8N4O4/c20-9-3-1-2-7-11(9)14(23)12-8(13(7)22)4-6(5-10(12)21)15-16-18-19-17-15/h1-5,15,20-21H. The van der Waals surface area contributed by atoms with Gasteiger partial charge in [0.05, 0.1) is 11.1 Å². The molecule has 23 heavy (non-hydrogen) atoms. The summed E-state index contributed by atoms with van der Waals surface area (Å²) in [5.41, 5.74) is 0.290. The van der Waals surface area contributed by atoms with Gasteiger partial charge in [0, 0.05) is 16.7 Å². The van der Waals surface area contributed by atoms with Crippen molar-refractivity contribution in [3.63, 3.8) is 0 Å². The third-order valence-corrected chi connectivity index (χ3v) is 3.79. The van der Waals surface area contributed by atoms with Crippen LogP contribution in [0.4, 0.5) is 0 Å². The normalized spacial score (nSPS) is 15.8. The molecule has 0 spiro atoms. The van der Waals surface area contributed by atoms with E-state index in [4.69, 9.17) is 0 Å². The quantitative estimate of drug-likeness (QED) is 0.717. The first-order valence-corrected chi connectivity index (χ1v) is 6.66. The Hall–Kier alpha value is -3.42. The Morgan fingerprint density at radius 2 is 1.52 bits per heavy atom. The van der Waals surface area contributed by atoms with E-state index in [0.717, 1.165) is 0 Å². The van der Waals surface area contributed by atoms with Gasteiger partial charge in [0.15, 0.2) is 5.78 Å². The van der Waals surface area contributed by atoms with E-state index in [-0.39, 0.29) is 33.8 Å². The molecule has 112 valence electrons. The van der Waals surface area contributed by atoms with E-state index in [1.54, 1.807) is 0 Å². The number of phenolic OH excluding ortho intramolecular Hbond substituents is 2. The number of phenols is 2. The fourth-order valence-electron chi connectivity index (χ4n) is 2.75. The van der Waals surface area contributed by atoms with Gasteiger partial charge < -0.3 is 10.2 Å².